The molecule has 157 valence electrons. The van der Waals surface area contributed by atoms with Crippen LogP contribution in [0.25, 0.3) is 10.8 Å². The molecule has 1 aliphatic rings. The third-order valence-corrected chi connectivity index (χ3v) is 5.80. The molecule has 1 fully saturated rings. The number of β-amino-alcohol motifs (C(OH)–C–C–N with tert-alkyl or cyclic N) is 1. The molecule has 3 aromatic carbocycles. The molecule has 0 saturated carbocycles. The van der Waals surface area contributed by atoms with E-state index in [0.29, 0.717) is 6.54 Å². The molecule has 4 rings (SSSR count). The second-order valence-electron chi connectivity index (χ2n) is 7.59. The van der Waals surface area contributed by atoms with Crippen molar-refractivity contribution in [2.75, 3.05) is 31.1 Å². The normalized spacial score (nSPS) is 18.5. The lowest BCUT2D eigenvalue weighted by Gasteiger charge is -2.41. The quantitative estimate of drug-likeness (QED) is 0.616. The van der Waals surface area contributed by atoms with E-state index in [4.69, 9.17) is 16.3 Å². The summed E-state index contributed by atoms with van der Waals surface area (Å²) >= 11 is 6.36. The highest BCUT2D eigenvalue weighted by Gasteiger charge is 2.27. The Hall–Kier alpha value is -2.34. The average molecular weight is 428 g/mol. The fourth-order valence-electron chi connectivity index (χ4n) is 3.90. The van der Waals surface area contributed by atoms with Crippen LogP contribution in [0.15, 0.2) is 60.7 Å². The molecular weight excluding hydrogens is 403 g/mol. The standard InChI is InChI=1S/C24H25ClFN2O2/c1-17-14-28(23-11-10-21(25)19-6-2-3-7-20(19)23)13-12-27(17)15-18(29)16-30-24-9-5-4-8-22(24)26/h2-11,14,17-18,29H,12-13,15-16H2,1H3. The third kappa shape index (κ3) is 4.53. The first-order chi connectivity index (χ1) is 14.5. The largest absolute Gasteiger partial charge is 0.488 e. The maximum atomic E-state index is 13.7. The van der Waals surface area contributed by atoms with Crippen molar-refractivity contribution in [3.63, 3.8) is 0 Å². The van der Waals surface area contributed by atoms with Gasteiger partial charge >= 0.3 is 0 Å². The highest BCUT2D eigenvalue weighted by molar-refractivity contribution is 6.36. The van der Waals surface area contributed by atoms with Gasteiger partial charge in [0.05, 0.1) is 6.54 Å². The van der Waals surface area contributed by atoms with Gasteiger partial charge in [0.15, 0.2) is 11.6 Å². The number of nitrogens with zero attached hydrogens (tertiary/aromatic N) is 2. The summed E-state index contributed by atoms with van der Waals surface area (Å²) in [5.41, 5.74) is 1.13. The predicted octanol–water partition coefficient (Wildman–Crippen LogP) is 4.74. The average Bonchev–Trinajstić information content (AvgIpc) is 2.75. The van der Waals surface area contributed by atoms with Crippen LogP contribution < -0.4 is 9.64 Å². The van der Waals surface area contributed by atoms with Gasteiger partial charge in [0.25, 0.3) is 0 Å². The number of hydrogen-bond acceptors (Lipinski definition) is 4. The minimum absolute atomic E-state index is 0.0513. The van der Waals surface area contributed by atoms with Crippen molar-refractivity contribution in [3.8, 4) is 5.75 Å². The molecule has 0 aromatic heterocycles. The molecule has 6 heteroatoms. The van der Waals surface area contributed by atoms with Crippen molar-refractivity contribution < 1.29 is 14.2 Å². The first-order valence-electron chi connectivity index (χ1n) is 10.1. The Morgan fingerprint density at radius 2 is 1.80 bits per heavy atom. The van der Waals surface area contributed by atoms with Crippen LogP contribution in [0, 0.1) is 12.4 Å². The number of hydrogen-bond donors (Lipinski definition) is 1. The lowest BCUT2D eigenvalue weighted by Crippen LogP contribution is -2.51. The summed E-state index contributed by atoms with van der Waals surface area (Å²) in [4.78, 5) is 4.45. The molecule has 1 heterocycles. The van der Waals surface area contributed by atoms with Crippen molar-refractivity contribution in [3.05, 3.63) is 78.0 Å². The van der Waals surface area contributed by atoms with Gasteiger partial charge in [0.1, 0.15) is 12.7 Å². The minimum Gasteiger partial charge on any atom is -0.488 e. The lowest BCUT2D eigenvalue weighted by atomic mass is 10.1. The fraction of sp³-hybridized carbons (Fsp3) is 0.292. The number of rotatable bonds is 6. The van der Waals surface area contributed by atoms with Crippen LogP contribution in [0.1, 0.15) is 6.92 Å². The zero-order valence-corrected chi connectivity index (χ0v) is 17.6. The highest BCUT2D eigenvalue weighted by Crippen LogP contribution is 2.34. The van der Waals surface area contributed by atoms with Gasteiger partial charge in [-0.05, 0) is 31.2 Å². The fourth-order valence-corrected chi connectivity index (χ4v) is 4.12. The van der Waals surface area contributed by atoms with E-state index >= 15 is 0 Å². The van der Waals surface area contributed by atoms with Crippen LogP contribution in [0.5, 0.6) is 5.75 Å². The SMILES string of the molecule is CC1[CH]N(c2ccc(Cl)c3ccccc23)CCN1CC(O)COc1ccccc1F. The third-order valence-electron chi connectivity index (χ3n) is 5.47. The minimum atomic E-state index is -0.705. The molecule has 0 bridgehead atoms. The Labute approximate surface area is 181 Å². The van der Waals surface area contributed by atoms with E-state index in [0.717, 1.165) is 34.6 Å². The van der Waals surface area contributed by atoms with Gasteiger partial charge in [-0.1, -0.05) is 48.0 Å². The van der Waals surface area contributed by atoms with E-state index in [1.54, 1.807) is 18.2 Å². The van der Waals surface area contributed by atoms with E-state index in [2.05, 4.69) is 35.4 Å². The second-order valence-corrected chi connectivity index (χ2v) is 7.99. The Balaban J connectivity index is 1.37. The number of piperazine rings is 1. The molecule has 30 heavy (non-hydrogen) atoms. The van der Waals surface area contributed by atoms with Gasteiger partial charge in [-0.25, -0.2) is 4.39 Å². The molecule has 2 unspecified atom stereocenters. The number of aliphatic hydroxyl groups excluding tert-OH is 1. The zero-order chi connectivity index (χ0) is 21.1. The van der Waals surface area contributed by atoms with Crippen LogP contribution in [-0.2, 0) is 0 Å². The Morgan fingerprint density at radius 3 is 2.57 bits per heavy atom. The molecule has 1 radical (unpaired) electrons. The maximum Gasteiger partial charge on any atom is 0.165 e. The summed E-state index contributed by atoms with van der Waals surface area (Å²) in [6.45, 7) is 6.39. The molecule has 1 N–H and O–H groups in total. The van der Waals surface area contributed by atoms with E-state index in [-0.39, 0.29) is 18.4 Å². The zero-order valence-electron chi connectivity index (χ0n) is 16.8. The lowest BCUT2D eigenvalue weighted by molar-refractivity contribution is 0.0549. The molecule has 0 amide bonds. The topological polar surface area (TPSA) is 35.9 Å². The van der Waals surface area contributed by atoms with Crippen LogP contribution in [0.3, 0.4) is 0 Å². The van der Waals surface area contributed by atoms with E-state index < -0.39 is 11.9 Å². The van der Waals surface area contributed by atoms with Gasteiger partial charge in [-0.15, -0.1) is 0 Å². The number of fused-ring (bicyclic) bond motifs is 1. The summed E-state index contributed by atoms with van der Waals surface area (Å²) < 4.78 is 19.1. The van der Waals surface area contributed by atoms with Gasteiger partial charge in [0, 0.05) is 47.2 Å². The van der Waals surface area contributed by atoms with Gasteiger partial charge < -0.3 is 14.7 Å². The predicted molar refractivity (Wildman–Crippen MR) is 120 cm³/mol. The summed E-state index contributed by atoms with van der Waals surface area (Å²) in [6.07, 6.45) is -0.705. The molecule has 1 saturated heterocycles. The molecule has 0 spiro atoms. The van der Waals surface area contributed by atoms with Gasteiger partial charge in [0.2, 0.25) is 0 Å². The number of anilines is 1. The van der Waals surface area contributed by atoms with E-state index in [9.17, 15) is 9.50 Å². The summed E-state index contributed by atoms with van der Waals surface area (Å²) in [7, 11) is 0. The van der Waals surface area contributed by atoms with Crippen LogP contribution in [0.2, 0.25) is 5.02 Å². The number of benzene rings is 3. The smallest absolute Gasteiger partial charge is 0.165 e. The molecular formula is C24H25ClFN2O2. The molecule has 1 aliphatic heterocycles. The number of para-hydroxylation sites is 1. The Bertz CT molecular complexity index is 1020. The van der Waals surface area contributed by atoms with Crippen LogP contribution in [-0.4, -0.2) is 48.4 Å². The first-order valence-corrected chi connectivity index (χ1v) is 10.5. The Kier molecular flexibility index (Phi) is 6.42. The van der Waals surface area contributed by atoms with Crippen molar-refractivity contribution in [2.24, 2.45) is 0 Å². The molecule has 3 aromatic rings. The van der Waals surface area contributed by atoms with Crippen molar-refractivity contribution in [2.45, 2.75) is 19.1 Å². The monoisotopic (exact) mass is 427 g/mol. The number of ether oxygens (including phenoxy) is 1. The van der Waals surface area contributed by atoms with Crippen molar-refractivity contribution >= 4 is 28.1 Å². The first kappa shape index (κ1) is 20.9. The van der Waals surface area contributed by atoms with Gasteiger partial charge in [-0.3, -0.25) is 4.90 Å². The maximum absolute atomic E-state index is 13.7. The molecule has 4 nitrogen and oxygen atoms in total. The van der Waals surface area contributed by atoms with Crippen LogP contribution >= 0.6 is 11.6 Å². The van der Waals surface area contributed by atoms with E-state index in [1.807, 2.05) is 24.3 Å². The van der Waals surface area contributed by atoms with Crippen molar-refractivity contribution in [1.29, 1.82) is 0 Å². The summed E-state index contributed by atoms with van der Waals surface area (Å²) in [5.74, 6) is -0.259. The van der Waals surface area contributed by atoms with Crippen molar-refractivity contribution in [1.82, 2.24) is 4.90 Å². The molecule has 2 atom stereocenters. The van der Waals surface area contributed by atoms with Crippen LogP contribution in [0.4, 0.5) is 10.1 Å². The highest BCUT2D eigenvalue weighted by atomic mass is 35.5. The van der Waals surface area contributed by atoms with Gasteiger partial charge in [-0.2, -0.15) is 0 Å². The number of halogens is 2. The summed E-state index contributed by atoms with van der Waals surface area (Å²) in [5, 5.41) is 13.3. The number of aliphatic hydroxyl groups is 1. The van der Waals surface area contributed by atoms with E-state index in [1.165, 1.54) is 6.07 Å². The Morgan fingerprint density at radius 1 is 1.07 bits per heavy atom. The molecule has 0 aliphatic carbocycles. The second kappa shape index (κ2) is 9.21. The summed E-state index contributed by atoms with van der Waals surface area (Å²) in [6, 6.07) is 18.5.